The fraction of sp³-hybridized carbons (Fsp3) is 0.733. The van der Waals surface area contributed by atoms with Crippen molar-refractivity contribution in [3.8, 4) is 0 Å². The van der Waals surface area contributed by atoms with Crippen molar-refractivity contribution < 1.29 is 9.59 Å². The number of amides is 2. The third kappa shape index (κ3) is 6.09. The molecule has 24 heavy (non-hydrogen) atoms. The van der Waals surface area contributed by atoms with Gasteiger partial charge in [0.2, 0.25) is 5.91 Å². The lowest BCUT2D eigenvalue weighted by molar-refractivity contribution is -0.121. The van der Waals surface area contributed by atoms with Gasteiger partial charge in [-0.15, -0.1) is 17.5 Å². The predicted molar refractivity (Wildman–Crippen MR) is 93.3 cm³/mol. The molecule has 1 aromatic rings. The number of halogens is 1. The van der Waals surface area contributed by atoms with Crippen molar-refractivity contribution in [3.05, 3.63) is 11.9 Å². The summed E-state index contributed by atoms with van der Waals surface area (Å²) in [4.78, 5) is 23.7. The maximum Gasteiger partial charge on any atom is 0.273 e. The predicted octanol–water partition coefficient (Wildman–Crippen LogP) is 0.659. The quantitative estimate of drug-likeness (QED) is 0.664. The lowest BCUT2D eigenvalue weighted by Crippen LogP contribution is -2.35. The molecule has 0 aromatic carbocycles. The zero-order valence-corrected chi connectivity index (χ0v) is 15.1. The number of nitrogens with zero attached hydrogens (tertiary/aromatic N) is 3. The van der Waals surface area contributed by atoms with E-state index in [4.69, 9.17) is 0 Å². The molecule has 1 atom stereocenters. The molecule has 8 nitrogen and oxygen atoms in total. The van der Waals surface area contributed by atoms with Gasteiger partial charge in [-0.05, 0) is 39.3 Å². The minimum absolute atomic E-state index is 0. The second-order valence-electron chi connectivity index (χ2n) is 5.95. The van der Waals surface area contributed by atoms with Crippen LogP contribution in [0.1, 0.15) is 56.1 Å². The lowest BCUT2D eigenvalue weighted by Gasteiger charge is -2.22. The molecule has 2 rings (SSSR count). The van der Waals surface area contributed by atoms with Crippen molar-refractivity contribution >= 4 is 24.2 Å². The molecule has 1 fully saturated rings. The monoisotopic (exact) mass is 358 g/mol. The summed E-state index contributed by atoms with van der Waals surface area (Å²) in [7, 11) is 0. The molecule has 3 N–H and O–H groups in total. The molecule has 2 amide bonds. The summed E-state index contributed by atoms with van der Waals surface area (Å²) in [5.74, 6) is -0.348. The second kappa shape index (κ2) is 10.2. The number of hydrogen-bond donors (Lipinski definition) is 3. The largest absolute Gasteiger partial charge is 0.354 e. The highest BCUT2D eigenvalue weighted by Crippen LogP contribution is 2.16. The Morgan fingerprint density at radius 1 is 1.42 bits per heavy atom. The number of carbonyl (C=O) groups excluding carboxylic acids is 2. The maximum atomic E-state index is 12.0. The topological polar surface area (TPSA) is 101 Å². The average Bonchev–Trinajstić information content (AvgIpc) is 3.05. The van der Waals surface area contributed by atoms with Crippen LogP contribution in [-0.2, 0) is 4.79 Å². The summed E-state index contributed by atoms with van der Waals surface area (Å²) in [6.07, 6.45) is 4.81. The fourth-order valence-corrected chi connectivity index (χ4v) is 2.46. The van der Waals surface area contributed by atoms with Crippen molar-refractivity contribution in [3.63, 3.8) is 0 Å². The smallest absolute Gasteiger partial charge is 0.273 e. The van der Waals surface area contributed by atoms with Gasteiger partial charge in [0, 0.05) is 19.0 Å². The van der Waals surface area contributed by atoms with Crippen LogP contribution in [0.2, 0.25) is 0 Å². The summed E-state index contributed by atoms with van der Waals surface area (Å²) >= 11 is 0. The van der Waals surface area contributed by atoms with Gasteiger partial charge in [0.25, 0.3) is 5.91 Å². The molecule has 1 saturated heterocycles. The first-order chi connectivity index (χ1) is 11.1. The SMILES string of the molecule is CCC(C)NC(=O)CCNC(=O)c1cn(C2CCNCC2)nn1.Cl. The number of hydrogen-bond acceptors (Lipinski definition) is 5. The van der Waals surface area contributed by atoms with E-state index in [1.54, 1.807) is 10.9 Å². The Labute approximate surface area is 148 Å². The minimum atomic E-state index is -0.290. The maximum absolute atomic E-state index is 12.0. The van der Waals surface area contributed by atoms with Crippen molar-refractivity contribution in [1.82, 2.24) is 30.9 Å². The molecule has 1 aliphatic rings. The van der Waals surface area contributed by atoms with E-state index in [0.29, 0.717) is 18.3 Å². The Balaban J connectivity index is 0.00000288. The van der Waals surface area contributed by atoms with E-state index in [1.807, 2.05) is 13.8 Å². The van der Waals surface area contributed by atoms with Crippen LogP contribution in [0, 0.1) is 0 Å². The number of rotatable bonds is 7. The van der Waals surface area contributed by atoms with Gasteiger partial charge >= 0.3 is 0 Å². The number of aromatic nitrogens is 3. The number of carbonyl (C=O) groups is 2. The third-order valence-corrected chi connectivity index (χ3v) is 4.08. The second-order valence-corrected chi connectivity index (χ2v) is 5.95. The standard InChI is InChI=1S/C15H26N6O2.ClH/c1-3-11(2)18-14(22)6-9-17-15(23)13-10-21(20-19-13)12-4-7-16-8-5-12;/h10-12,16H,3-9H2,1-2H3,(H,17,23)(H,18,22);1H. The molecule has 9 heteroatoms. The van der Waals surface area contributed by atoms with Crippen molar-refractivity contribution in [2.24, 2.45) is 0 Å². The van der Waals surface area contributed by atoms with E-state index < -0.39 is 0 Å². The van der Waals surface area contributed by atoms with Crippen LogP contribution in [0.25, 0.3) is 0 Å². The summed E-state index contributed by atoms with van der Waals surface area (Å²) in [6, 6.07) is 0.453. The molecular formula is C15H27ClN6O2. The molecule has 0 radical (unpaired) electrons. The van der Waals surface area contributed by atoms with Crippen LogP contribution in [0.15, 0.2) is 6.20 Å². The van der Waals surface area contributed by atoms with E-state index in [1.165, 1.54) is 0 Å². The van der Waals surface area contributed by atoms with Gasteiger partial charge in [-0.3, -0.25) is 9.59 Å². The van der Waals surface area contributed by atoms with Crippen LogP contribution >= 0.6 is 12.4 Å². The zero-order chi connectivity index (χ0) is 16.7. The highest BCUT2D eigenvalue weighted by molar-refractivity contribution is 5.92. The summed E-state index contributed by atoms with van der Waals surface area (Å²) < 4.78 is 1.77. The molecule has 0 aliphatic carbocycles. The van der Waals surface area contributed by atoms with Gasteiger partial charge < -0.3 is 16.0 Å². The molecule has 136 valence electrons. The van der Waals surface area contributed by atoms with E-state index in [2.05, 4.69) is 26.3 Å². The number of nitrogens with one attached hydrogen (secondary N) is 3. The Morgan fingerprint density at radius 2 is 2.12 bits per heavy atom. The minimum Gasteiger partial charge on any atom is -0.354 e. The van der Waals surface area contributed by atoms with E-state index >= 15 is 0 Å². The van der Waals surface area contributed by atoms with E-state index in [0.717, 1.165) is 32.4 Å². The zero-order valence-electron chi connectivity index (χ0n) is 14.2. The molecular weight excluding hydrogens is 332 g/mol. The molecule has 1 aromatic heterocycles. The Hall–Kier alpha value is -1.67. The lowest BCUT2D eigenvalue weighted by atomic mass is 10.1. The molecule has 2 heterocycles. The van der Waals surface area contributed by atoms with Gasteiger partial charge in [-0.25, -0.2) is 4.68 Å². The first-order valence-corrected chi connectivity index (χ1v) is 8.30. The van der Waals surface area contributed by atoms with Crippen LogP contribution in [0.5, 0.6) is 0 Å². The van der Waals surface area contributed by atoms with E-state index in [9.17, 15) is 9.59 Å². The highest BCUT2D eigenvalue weighted by Gasteiger charge is 2.18. The molecule has 1 unspecified atom stereocenters. The van der Waals surface area contributed by atoms with E-state index in [-0.39, 0.29) is 36.7 Å². The number of piperidine rings is 1. The van der Waals surface area contributed by atoms with Gasteiger partial charge in [-0.2, -0.15) is 0 Å². The van der Waals surface area contributed by atoms with Crippen molar-refractivity contribution in [1.29, 1.82) is 0 Å². The normalized spacial score (nSPS) is 16.1. The fourth-order valence-electron chi connectivity index (χ4n) is 2.46. The van der Waals surface area contributed by atoms with Crippen LogP contribution < -0.4 is 16.0 Å². The van der Waals surface area contributed by atoms with Gasteiger partial charge in [-0.1, -0.05) is 12.1 Å². The molecule has 0 bridgehead atoms. The average molecular weight is 359 g/mol. The van der Waals surface area contributed by atoms with Crippen molar-refractivity contribution in [2.45, 2.75) is 51.6 Å². The summed E-state index contributed by atoms with van der Waals surface area (Å²) in [6.45, 7) is 6.17. The first kappa shape index (κ1) is 20.4. The van der Waals surface area contributed by atoms with Gasteiger partial charge in [0.1, 0.15) is 0 Å². The summed E-state index contributed by atoms with van der Waals surface area (Å²) in [5.41, 5.74) is 0.297. The van der Waals surface area contributed by atoms with Gasteiger partial charge in [0.15, 0.2) is 5.69 Å². The summed E-state index contributed by atoms with van der Waals surface area (Å²) in [5, 5.41) is 16.8. The third-order valence-electron chi connectivity index (χ3n) is 4.08. The molecule has 0 spiro atoms. The van der Waals surface area contributed by atoms with Crippen molar-refractivity contribution in [2.75, 3.05) is 19.6 Å². The first-order valence-electron chi connectivity index (χ1n) is 8.30. The molecule has 0 saturated carbocycles. The van der Waals surface area contributed by atoms with Crippen LogP contribution in [0.4, 0.5) is 0 Å². The Bertz CT molecular complexity index is 530. The Kier molecular flexibility index (Phi) is 8.70. The highest BCUT2D eigenvalue weighted by atomic mass is 35.5. The van der Waals surface area contributed by atoms with Crippen LogP contribution in [0.3, 0.4) is 0 Å². The molecule has 1 aliphatic heterocycles. The van der Waals surface area contributed by atoms with Gasteiger partial charge in [0.05, 0.1) is 12.2 Å². The van der Waals surface area contributed by atoms with Crippen LogP contribution in [-0.4, -0.2) is 52.5 Å². The Morgan fingerprint density at radius 3 is 2.79 bits per heavy atom.